The summed E-state index contributed by atoms with van der Waals surface area (Å²) in [6.07, 6.45) is 2.64. The number of amides is 1. The Bertz CT molecular complexity index is 1120. The van der Waals surface area contributed by atoms with Crippen molar-refractivity contribution >= 4 is 25.2 Å². The number of carbonyl (C=O) groups excluding carboxylic acids is 1. The molecule has 1 N–H and O–H groups in total. The van der Waals surface area contributed by atoms with Gasteiger partial charge >= 0.3 is 6.09 Å². The molecular weight excluding hydrogens is 402 g/mol. The largest absolute Gasteiger partial charge is 0.445 e. The van der Waals surface area contributed by atoms with Crippen LogP contribution in [0.3, 0.4) is 0 Å². The van der Waals surface area contributed by atoms with Crippen molar-refractivity contribution in [2.75, 3.05) is 6.54 Å². The Morgan fingerprint density at radius 3 is 2.77 bits per heavy atom. The van der Waals surface area contributed by atoms with Crippen molar-refractivity contribution in [1.82, 2.24) is 14.9 Å². The van der Waals surface area contributed by atoms with E-state index in [0.29, 0.717) is 6.54 Å². The fourth-order valence-electron chi connectivity index (χ4n) is 3.76. The zero-order valence-electron chi connectivity index (χ0n) is 18.4. The number of carbonyl (C=O) groups is 1. The minimum atomic E-state index is -1.43. The number of hydrogen-bond acceptors (Lipinski definition) is 3. The normalized spacial score (nSPS) is 16.6. The molecule has 4 rings (SSSR count). The van der Waals surface area contributed by atoms with Crippen molar-refractivity contribution < 1.29 is 9.53 Å². The first-order valence-electron chi connectivity index (χ1n) is 10.9. The van der Waals surface area contributed by atoms with Gasteiger partial charge in [0.05, 0.1) is 17.1 Å². The molecular formula is C25H29N3O2Si. The molecule has 2 heterocycles. The van der Waals surface area contributed by atoms with Crippen molar-refractivity contribution in [1.29, 1.82) is 0 Å². The fourth-order valence-corrected chi connectivity index (χ4v) is 4.28. The van der Waals surface area contributed by atoms with Gasteiger partial charge in [0.25, 0.3) is 0 Å². The molecule has 0 spiro atoms. The summed E-state index contributed by atoms with van der Waals surface area (Å²) < 4.78 is 5.61. The van der Waals surface area contributed by atoms with E-state index in [2.05, 4.69) is 36.1 Å². The SMILES string of the molecule is C[Si](C)(C)C#Cc1ccc2[nH]c([C@@H]3CCCCN3C(=O)OCc3ccccc3)nc2c1. The van der Waals surface area contributed by atoms with Crippen LogP contribution in [0.25, 0.3) is 11.0 Å². The number of likely N-dealkylation sites (tertiary alicyclic amines) is 1. The molecule has 3 aromatic rings. The van der Waals surface area contributed by atoms with Crippen molar-refractivity contribution in [3.05, 3.63) is 65.5 Å². The van der Waals surface area contributed by atoms with Gasteiger partial charge in [-0.05, 0) is 43.0 Å². The van der Waals surface area contributed by atoms with Gasteiger partial charge in [-0.15, -0.1) is 5.54 Å². The van der Waals surface area contributed by atoms with Crippen molar-refractivity contribution in [3.63, 3.8) is 0 Å². The zero-order valence-corrected chi connectivity index (χ0v) is 19.4. The molecule has 1 fully saturated rings. The number of H-pyrrole nitrogens is 1. The molecule has 1 aromatic heterocycles. The van der Waals surface area contributed by atoms with Crippen LogP contribution < -0.4 is 0 Å². The smallest absolute Gasteiger partial charge is 0.410 e. The summed E-state index contributed by atoms with van der Waals surface area (Å²) in [6, 6.07) is 15.8. The predicted octanol–water partition coefficient (Wildman–Crippen LogP) is 5.66. The minimum Gasteiger partial charge on any atom is -0.445 e. The molecule has 31 heavy (non-hydrogen) atoms. The Morgan fingerprint density at radius 2 is 2.00 bits per heavy atom. The zero-order chi connectivity index (χ0) is 21.8. The van der Waals surface area contributed by atoms with Gasteiger partial charge in [-0.3, -0.25) is 4.90 Å². The van der Waals surface area contributed by atoms with Gasteiger partial charge < -0.3 is 9.72 Å². The van der Waals surface area contributed by atoms with E-state index in [1.165, 1.54) is 0 Å². The highest BCUT2D eigenvalue weighted by atomic mass is 28.3. The van der Waals surface area contributed by atoms with Crippen molar-refractivity contribution in [2.24, 2.45) is 0 Å². The van der Waals surface area contributed by atoms with E-state index in [9.17, 15) is 4.79 Å². The number of nitrogens with one attached hydrogen (secondary N) is 1. The van der Waals surface area contributed by atoms with E-state index in [1.54, 1.807) is 0 Å². The number of benzene rings is 2. The van der Waals surface area contributed by atoms with E-state index in [0.717, 1.165) is 47.2 Å². The number of aromatic amines is 1. The molecule has 0 aliphatic carbocycles. The molecule has 0 unspecified atom stereocenters. The van der Waals surface area contributed by atoms with Gasteiger partial charge in [0, 0.05) is 12.1 Å². The number of aromatic nitrogens is 2. The molecule has 0 radical (unpaired) electrons. The lowest BCUT2D eigenvalue weighted by molar-refractivity contribution is 0.0661. The second kappa shape index (κ2) is 8.99. The number of imidazole rings is 1. The Labute approximate surface area is 184 Å². The maximum Gasteiger partial charge on any atom is 0.410 e. The second-order valence-corrected chi connectivity index (χ2v) is 13.8. The van der Waals surface area contributed by atoms with Crippen LogP contribution in [0, 0.1) is 11.5 Å². The maximum absolute atomic E-state index is 12.9. The van der Waals surface area contributed by atoms with Gasteiger partial charge in [-0.25, -0.2) is 9.78 Å². The predicted molar refractivity (Wildman–Crippen MR) is 126 cm³/mol. The van der Waals surface area contributed by atoms with Crippen LogP contribution in [-0.4, -0.2) is 35.6 Å². The Hall–Kier alpha value is -3.04. The van der Waals surface area contributed by atoms with Crippen LogP contribution in [0.1, 0.15) is 42.3 Å². The molecule has 1 aliphatic rings. The van der Waals surface area contributed by atoms with Gasteiger partial charge in [-0.1, -0.05) is 55.9 Å². The highest BCUT2D eigenvalue weighted by molar-refractivity contribution is 6.83. The van der Waals surface area contributed by atoms with Gasteiger partial charge in [0.1, 0.15) is 20.5 Å². The standard InChI is InChI=1S/C25H29N3O2Si/c1-31(2,3)16-14-19-12-13-21-22(17-19)27-24(26-21)23-11-7-8-15-28(23)25(29)30-18-20-9-5-4-6-10-20/h4-6,9-10,12-13,17,23H,7-8,11,15,18H2,1-3H3,(H,26,27)/t23-/m0/s1. The highest BCUT2D eigenvalue weighted by Crippen LogP contribution is 2.31. The third-order valence-electron chi connectivity index (χ3n) is 5.34. The van der Waals surface area contributed by atoms with Gasteiger partial charge in [-0.2, -0.15) is 0 Å². The number of rotatable bonds is 3. The van der Waals surface area contributed by atoms with E-state index in [1.807, 2.05) is 53.4 Å². The van der Waals surface area contributed by atoms with E-state index in [-0.39, 0.29) is 18.7 Å². The van der Waals surface area contributed by atoms with Crippen LogP contribution in [0.15, 0.2) is 48.5 Å². The van der Waals surface area contributed by atoms with Gasteiger partial charge in [0.2, 0.25) is 0 Å². The van der Waals surface area contributed by atoms with Crippen molar-refractivity contribution in [3.8, 4) is 11.5 Å². The lowest BCUT2D eigenvalue weighted by Gasteiger charge is -2.33. The maximum atomic E-state index is 12.9. The van der Waals surface area contributed by atoms with E-state index in [4.69, 9.17) is 9.72 Å². The van der Waals surface area contributed by atoms with Gasteiger partial charge in [0.15, 0.2) is 0 Å². The summed E-state index contributed by atoms with van der Waals surface area (Å²) in [6.45, 7) is 7.67. The average Bonchev–Trinajstić information content (AvgIpc) is 3.19. The number of ether oxygens (including phenoxy) is 1. The number of nitrogens with zero attached hydrogens (tertiary/aromatic N) is 2. The first-order chi connectivity index (χ1) is 14.9. The molecule has 1 amide bonds. The van der Waals surface area contributed by atoms with Crippen LogP contribution >= 0.6 is 0 Å². The monoisotopic (exact) mass is 431 g/mol. The molecule has 160 valence electrons. The first kappa shape index (κ1) is 21.2. The Balaban J connectivity index is 1.53. The topological polar surface area (TPSA) is 58.2 Å². The average molecular weight is 432 g/mol. The molecule has 0 saturated carbocycles. The summed E-state index contributed by atoms with van der Waals surface area (Å²) >= 11 is 0. The van der Waals surface area contributed by atoms with Crippen LogP contribution in [0.2, 0.25) is 19.6 Å². The van der Waals surface area contributed by atoms with Crippen molar-refractivity contribution in [2.45, 2.75) is 51.6 Å². The summed E-state index contributed by atoms with van der Waals surface area (Å²) in [5, 5.41) is 0. The van der Waals surface area contributed by atoms with E-state index < -0.39 is 8.07 Å². The molecule has 0 bridgehead atoms. The van der Waals surface area contributed by atoms with Crippen LogP contribution in [0.5, 0.6) is 0 Å². The summed E-state index contributed by atoms with van der Waals surface area (Å²) in [7, 11) is -1.43. The summed E-state index contributed by atoms with van der Waals surface area (Å²) in [5.41, 5.74) is 7.23. The highest BCUT2D eigenvalue weighted by Gasteiger charge is 2.31. The Morgan fingerprint density at radius 1 is 1.19 bits per heavy atom. The number of fused-ring (bicyclic) bond motifs is 1. The number of piperidine rings is 1. The fraction of sp³-hybridized carbons (Fsp3) is 0.360. The molecule has 6 heteroatoms. The number of hydrogen-bond donors (Lipinski definition) is 1. The molecule has 1 saturated heterocycles. The molecule has 2 aromatic carbocycles. The Kier molecular flexibility index (Phi) is 6.15. The van der Waals surface area contributed by atoms with E-state index >= 15 is 0 Å². The summed E-state index contributed by atoms with van der Waals surface area (Å²) in [5.74, 6) is 4.12. The minimum absolute atomic E-state index is 0.0964. The first-order valence-corrected chi connectivity index (χ1v) is 14.4. The molecule has 1 atom stereocenters. The quantitative estimate of drug-likeness (QED) is 0.430. The molecule has 1 aliphatic heterocycles. The third kappa shape index (κ3) is 5.36. The van der Waals surface area contributed by atoms with Crippen LogP contribution in [0.4, 0.5) is 4.79 Å². The molecule has 5 nitrogen and oxygen atoms in total. The van der Waals surface area contributed by atoms with Crippen LogP contribution in [-0.2, 0) is 11.3 Å². The lowest BCUT2D eigenvalue weighted by Crippen LogP contribution is -2.39. The third-order valence-corrected chi connectivity index (χ3v) is 6.22. The summed E-state index contributed by atoms with van der Waals surface area (Å²) in [4.78, 5) is 22.9. The second-order valence-electron chi connectivity index (χ2n) is 9.10. The lowest BCUT2D eigenvalue weighted by atomic mass is 10.0.